The van der Waals surface area contributed by atoms with E-state index < -0.39 is 6.09 Å². The topological polar surface area (TPSA) is 99.3 Å². The average Bonchev–Trinajstić information content (AvgIpc) is 3.02. The number of amides is 3. The number of piperidine rings is 1. The van der Waals surface area contributed by atoms with Crippen LogP contribution in [0.3, 0.4) is 0 Å². The molecule has 0 atom stereocenters. The van der Waals surface area contributed by atoms with Gasteiger partial charge in [-0.2, -0.15) is 0 Å². The number of anilines is 2. The molecule has 3 aromatic rings. The average molecular weight is 571 g/mol. The Morgan fingerprint density at radius 3 is 2.29 bits per heavy atom. The lowest BCUT2D eigenvalue weighted by atomic mass is 10.0. The van der Waals surface area contributed by atoms with Crippen molar-refractivity contribution < 1.29 is 23.9 Å². The van der Waals surface area contributed by atoms with Crippen LogP contribution in [-0.2, 0) is 14.3 Å². The molecule has 1 heterocycles. The molecule has 0 bridgehead atoms. The van der Waals surface area contributed by atoms with Crippen molar-refractivity contribution in [3.8, 4) is 11.1 Å². The van der Waals surface area contributed by atoms with Crippen molar-refractivity contribution in [2.45, 2.75) is 38.5 Å². The number of carbonyl (C=O) groups is 4. The third kappa shape index (κ3) is 8.50. The van der Waals surface area contributed by atoms with Gasteiger partial charge in [0.2, 0.25) is 11.8 Å². The Bertz CT molecular complexity index is 1340. The van der Waals surface area contributed by atoms with Crippen molar-refractivity contribution in [3.63, 3.8) is 0 Å². The van der Waals surface area contributed by atoms with E-state index in [2.05, 4.69) is 5.32 Å². The van der Waals surface area contributed by atoms with Crippen molar-refractivity contribution in [1.29, 1.82) is 0 Å². The van der Waals surface area contributed by atoms with Crippen LogP contribution in [0.1, 0.15) is 48.9 Å². The Labute approximate surface area is 247 Å². The third-order valence-corrected chi connectivity index (χ3v) is 7.20. The fourth-order valence-electron chi connectivity index (χ4n) is 4.91. The van der Waals surface area contributed by atoms with Crippen molar-refractivity contribution in [2.75, 3.05) is 43.6 Å². The van der Waals surface area contributed by atoms with Crippen LogP contribution in [0.5, 0.6) is 0 Å². The number of carbonyl (C=O) groups excluding carboxylic acids is 4. The molecule has 1 N–H and O–H groups in total. The zero-order valence-electron chi connectivity index (χ0n) is 24.0. The van der Waals surface area contributed by atoms with E-state index in [1.807, 2.05) is 59.6 Å². The second-order valence-electron chi connectivity index (χ2n) is 10.3. The molecule has 9 nitrogen and oxygen atoms in total. The van der Waals surface area contributed by atoms with Gasteiger partial charge >= 0.3 is 6.09 Å². The van der Waals surface area contributed by atoms with Gasteiger partial charge in [0.1, 0.15) is 12.9 Å². The van der Waals surface area contributed by atoms with Crippen LogP contribution in [0.25, 0.3) is 11.1 Å². The fraction of sp³-hybridized carbons (Fsp3) is 0.333. The number of nitrogens with zero attached hydrogens (tertiary/aromatic N) is 3. The van der Waals surface area contributed by atoms with E-state index in [9.17, 15) is 19.2 Å². The molecule has 1 saturated heterocycles. The molecule has 220 valence electrons. The Hall–Kier alpha value is -4.50. The number of aldehydes is 1. The predicted molar refractivity (Wildman–Crippen MR) is 163 cm³/mol. The minimum atomic E-state index is -0.506. The van der Waals surface area contributed by atoms with Gasteiger partial charge in [-0.25, -0.2) is 14.8 Å². The smallest absolute Gasteiger partial charge is 0.429 e. The van der Waals surface area contributed by atoms with E-state index >= 15 is 0 Å². The van der Waals surface area contributed by atoms with E-state index in [1.54, 1.807) is 41.2 Å². The third-order valence-electron chi connectivity index (χ3n) is 7.20. The maximum atomic E-state index is 13.5. The molecule has 0 saturated carbocycles. The number of hydrogen-bond donors (Lipinski definition) is 1. The molecule has 0 aromatic heterocycles. The summed E-state index contributed by atoms with van der Waals surface area (Å²) in [6.07, 6.45) is 4.12. The molecule has 3 amide bonds. The largest absolute Gasteiger partial charge is 0.448 e. The van der Waals surface area contributed by atoms with Crippen LogP contribution in [0.2, 0.25) is 0 Å². The lowest BCUT2D eigenvalue weighted by Gasteiger charge is -2.37. The van der Waals surface area contributed by atoms with E-state index in [0.717, 1.165) is 55.5 Å². The molecule has 0 unspecified atom stereocenters. The minimum Gasteiger partial charge on any atom is -0.448 e. The van der Waals surface area contributed by atoms with Gasteiger partial charge in [0.05, 0.1) is 12.1 Å². The number of benzene rings is 3. The highest BCUT2D eigenvalue weighted by Gasteiger charge is 2.28. The highest BCUT2D eigenvalue weighted by molar-refractivity contribution is 5.93. The van der Waals surface area contributed by atoms with Crippen LogP contribution in [0, 0.1) is 0 Å². The standard InChI is InChI=1S/C33H38N4O5/c1-35(21-10-15-31(39)34-28-18-16-26(25-38)17-19-28)32(40)20-24-42-33(41)37(36-22-8-3-9-23-36)30-14-7-6-13-29(30)27-11-4-2-5-12-27/h2,4-7,11-14,16-19,25H,3,8-10,15,20-24H2,1H3,(H,34,39). The first-order valence-electron chi connectivity index (χ1n) is 14.4. The van der Waals surface area contributed by atoms with Crippen molar-refractivity contribution in [2.24, 2.45) is 0 Å². The summed E-state index contributed by atoms with van der Waals surface area (Å²) in [5.41, 5.74) is 3.83. The summed E-state index contributed by atoms with van der Waals surface area (Å²) in [5, 5.41) is 6.44. The summed E-state index contributed by atoms with van der Waals surface area (Å²) in [6.45, 7) is 1.85. The van der Waals surface area contributed by atoms with Crippen LogP contribution < -0.4 is 10.3 Å². The Balaban J connectivity index is 1.28. The zero-order valence-corrected chi connectivity index (χ0v) is 24.0. The first-order valence-corrected chi connectivity index (χ1v) is 14.4. The highest BCUT2D eigenvalue weighted by Crippen LogP contribution is 2.33. The van der Waals surface area contributed by atoms with Gasteiger partial charge < -0.3 is 15.0 Å². The number of rotatable bonds is 12. The Morgan fingerprint density at radius 2 is 1.57 bits per heavy atom. The minimum absolute atomic E-state index is 0.0445. The quantitative estimate of drug-likeness (QED) is 0.277. The highest BCUT2D eigenvalue weighted by atomic mass is 16.6. The SMILES string of the molecule is CN(CCCC(=O)Nc1ccc(C=O)cc1)C(=O)CCOC(=O)N(c1ccccc1-c1ccccc1)N1CCCCC1. The van der Waals surface area contributed by atoms with Gasteiger partial charge in [0.15, 0.2) is 0 Å². The summed E-state index contributed by atoms with van der Waals surface area (Å²) < 4.78 is 5.66. The van der Waals surface area contributed by atoms with E-state index in [-0.39, 0.29) is 31.3 Å². The Morgan fingerprint density at radius 1 is 0.881 bits per heavy atom. The van der Waals surface area contributed by atoms with Crippen molar-refractivity contribution in [1.82, 2.24) is 9.91 Å². The van der Waals surface area contributed by atoms with Gasteiger partial charge in [0.25, 0.3) is 0 Å². The molecule has 42 heavy (non-hydrogen) atoms. The summed E-state index contributed by atoms with van der Waals surface area (Å²) in [7, 11) is 1.68. The van der Waals surface area contributed by atoms with Crippen LogP contribution in [0.15, 0.2) is 78.9 Å². The molecule has 9 heteroatoms. The Kier molecular flexibility index (Phi) is 11.2. The number of hydrazine groups is 1. The molecule has 1 aliphatic rings. The molecular formula is C33H38N4O5. The predicted octanol–water partition coefficient (Wildman–Crippen LogP) is 5.78. The lowest BCUT2D eigenvalue weighted by molar-refractivity contribution is -0.131. The van der Waals surface area contributed by atoms with Crippen molar-refractivity contribution >= 4 is 35.6 Å². The van der Waals surface area contributed by atoms with Crippen LogP contribution >= 0.6 is 0 Å². The molecule has 1 fully saturated rings. The molecule has 3 aromatic carbocycles. The molecular weight excluding hydrogens is 532 g/mol. The van der Waals surface area contributed by atoms with Crippen LogP contribution in [0.4, 0.5) is 16.2 Å². The summed E-state index contributed by atoms with van der Waals surface area (Å²) >= 11 is 0. The number of nitrogens with one attached hydrogen (secondary N) is 1. The zero-order chi connectivity index (χ0) is 29.7. The maximum absolute atomic E-state index is 13.5. The molecule has 4 rings (SSSR count). The number of para-hydroxylation sites is 1. The normalized spacial score (nSPS) is 13.2. The van der Waals surface area contributed by atoms with Gasteiger partial charge in [-0.15, -0.1) is 0 Å². The number of hydrogen-bond acceptors (Lipinski definition) is 6. The van der Waals surface area contributed by atoms with Gasteiger partial charge in [0, 0.05) is 49.9 Å². The van der Waals surface area contributed by atoms with Gasteiger partial charge in [-0.3, -0.25) is 14.4 Å². The number of ether oxygens (including phenoxy) is 1. The first-order chi connectivity index (χ1) is 20.5. The van der Waals surface area contributed by atoms with E-state index in [4.69, 9.17) is 4.74 Å². The monoisotopic (exact) mass is 570 g/mol. The van der Waals surface area contributed by atoms with Gasteiger partial charge in [-0.05, 0) is 55.2 Å². The summed E-state index contributed by atoms with van der Waals surface area (Å²) in [5.74, 6) is -0.334. The van der Waals surface area contributed by atoms with Crippen molar-refractivity contribution in [3.05, 3.63) is 84.4 Å². The maximum Gasteiger partial charge on any atom is 0.429 e. The first kappa shape index (κ1) is 30.5. The molecule has 1 aliphatic heterocycles. The molecule has 0 spiro atoms. The van der Waals surface area contributed by atoms with E-state index in [1.165, 1.54) is 0 Å². The molecule has 0 aliphatic carbocycles. The second-order valence-corrected chi connectivity index (χ2v) is 10.3. The second kappa shape index (κ2) is 15.5. The summed E-state index contributed by atoms with van der Waals surface area (Å²) in [6, 6.07) is 24.3. The van der Waals surface area contributed by atoms with E-state index in [0.29, 0.717) is 24.2 Å². The summed E-state index contributed by atoms with van der Waals surface area (Å²) in [4.78, 5) is 50.8. The van der Waals surface area contributed by atoms with Gasteiger partial charge in [-0.1, -0.05) is 55.0 Å². The van der Waals surface area contributed by atoms with Crippen LogP contribution in [-0.4, -0.2) is 67.4 Å². The fourth-order valence-corrected chi connectivity index (χ4v) is 4.91. The molecule has 0 radical (unpaired) electrons. The lowest BCUT2D eigenvalue weighted by Crippen LogP contribution is -2.49.